The van der Waals surface area contributed by atoms with Gasteiger partial charge >= 0.3 is 5.97 Å². The van der Waals surface area contributed by atoms with Crippen LogP contribution in [0.3, 0.4) is 0 Å². The van der Waals surface area contributed by atoms with Crippen molar-refractivity contribution in [3.8, 4) is 0 Å². The Bertz CT molecular complexity index is 594. The second-order valence-electron chi connectivity index (χ2n) is 4.57. The van der Waals surface area contributed by atoms with Gasteiger partial charge in [0.25, 0.3) is 0 Å². The van der Waals surface area contributed by atoms with Crippen molar-refractivity contribution < 1.29 is 9.53 Å². The highest BCUT2D eigenvalue weighted by Crippen LogP contribution is 2.41. The van der Waals surface area contributed by atoms with Crippen molar-refractivity contribution >= 4 is 16.9 Å². The monoisotopic (exact) mass is 229 g/mol. The molecule has 0 saturated heterocycles. The third kappa shape index (κ3) is 1.46. The molecule has 3 nitrogen and oxygen atoms in total. The van der Waals surface area contributed by atoms with Gasteiger partial charge in [0.05, 0.1) is 12.7 Å². The molecule has 3 heteroatoms. The highest BCUT2D eigenvalue weighted by atomic mass is 16.5. The molecule has 0 radical (unpaired) electrons. The van der Waals surface area contributed by atoms with E-state index in [9.17, 15) is 4.79 Å². The van der Waals surface area contributed by atoms with Crippen LogP contribution in [0.2, 0.25) is 0 Å². The first kappa shape index (κ1) is 10.4. The highest BCUT2D eigenvalue weighted by Gasteiger charge is 2.30. The average Bonchev–Trinajstić information content (AvgIpc) is 3.12. The molecule has 0 amide bonds. The average molecular weight is 229 g/mol. The lowest BCUT2D eigenvalue weighted by Crippen LogP contribution is -2.04. The van der Waals surface area contributed by atoms with Crippen molar-refractivity contribution in [3.63, 3.8) is 0 Å². The molecule has 88 valence electrons. The summed E-state index contributed by atoms with van der Waals surface area (Å²) in [6.45, 7) is 2.00. The minimum Gasteiger partial charge on any atom is -0.465 e. The quantitative estimate of drug-likeness (QED) is 0.741. The molecule has 0 atom stereocenters. The lowest BCUT2D eigenvalue weighted by Gasteiger charge is -2.05. The molecule has 1 saturated carbocycles. The van der Waals surface area contributed by atoms with Gasteiger partial charge in [0, 0.05) is 22.6 Å². The van der Waals surface area contributed by atoms with E-state index in [1.165, 1.54) is 20.0 Å². The van der Waals surface area contributed by atoms with Crippen LogP contribution in [0.25, 0.3) is 10.9 Å². The number of benzene rings is 1. The van der Waals surface area contributed by atoms with Gasteiger partial charge in [-0.15, -0.1) is 0 Å². The van der Waals surface area contributed by atoms with Crippen LogP contribution in [0.1, 0.15) is 34.9 Å². The summed E-state index contributed by atoms with van der Waals surface area (Å²) in [5, 5.41) is 1.00. The number of ether oxygens (including phenoxy) is 1. The molecule has 0 N–H and O–H groups in total. The van der Waals surface area contributed by atoms with Crippen LogP contribution in [0, 0.1) is 6.92 Å². The molecule has 1 aromatic carbocycles. The van der Waals surface area contributed by atoms with Crippen LogP contribution in [0.15, 0.2) is 24.3 Å². The Morgan fingerprint density at radius 2 is 2.06 bits per heavy atom. The Morgan fingerprint density at radius 1 is 1.35 bits per heavy atom. The molecule has 0 aliphatic heterocycles. The minimum atomic E-state index is -0.238. The normalized spacial score (nSPS) is 15.2. The summed E-state index contributed by atoms with van der Waals surface area (Å²) < 4.78 is 7.17. The van der Waals surface area contributed by atoms with Crippen LogP contribution in [0.5, 0.6) is 0 Å². The second kappa shape index (κ2) is 3.62. The van der Waals surface area contributed by atoms with E-state index in [1.54, 1.807) is 0 Å². The Hall–Kier alpha value is -1.77. The van der Waals surface area contributed by atoms with Crippen molar-refractivity contribution in [2.75, 3.05) is 7.11 Å². The van der Waals surface area contributed by atoms with Crippen LogP contribution in [0.4, 0.5) is 0 Å². The number of methoxy groups -OCH3 is 1. The SMILES string of the molecule is COC(=O)c1c(C)n(C2CC2)c2ccccc12. The fourth-order valence-corrected chi connectivity index (χ4v) is 2.55. The van der Waals surface area contributed by atoms with Gasteiger partial charge in [0.2, 0.25) is 0 Å². The van der Waals surface area contributed by atoms with Crippen LogP contribution >= 0.6 is 0 Å². The number of carbonyl (C=O) groups is 1. The van der Waals surface area contributed by atoms with Gasteiger partial charge in [0.1, 0.15) is 0 Å². The summed E-state index contributed by atoms with van der Waals surface area (Å²) in [5.74, 6) is -0.238. The van der Waals surface area contributed by atoms with Gasteiger partial charge in [0.15, 0.2) is 0 Å². The zero-order valence-electron chi connectivity index (χ0n) is 10.1. The lowest BCUT2D eigenvalue weighted by molar-refractivity contribution is 0.0602. The van der Waals surface area contributed by atoms with Crippen molar-refractivity contribution in [1.82, 2.24) is 4.57 Å². The molecule has 3 rings (SSSR count). The Balaban J connectivity index is 2.33. The van der Waals surface area contributed by atoms with Crippen molar-refractivity contribution in [1.29, 1.82) is 0 Å². The standard InChI is InChI=1S/C14H15NO2/c1-9-13(14(16)17-2)11-5-3-4-6-12(11)15(9)10-7-8-10/h3-6,10H,7-8H2,1-2H3. The molecule has 1 heterocycles. The number of carbonyl (C=O) groups excluding carboxylic acids is 1. The number of fused-ring (bicyclic) bond motifs is 1. The Morgan fingerprint density at radius 3 is 2.71 bits per heavy atom. The Labute approximate surface area is 100.0 Å². The molecule has 1 aliphatic rings. The predicted octanol–water partition coefficient (Wildman–Crippen LogP) is 3.07. The zero-order chi connectivity index (χ0) is 12.0. The molecule has 17 heavy (non-hydrogen) atoms. The summed E-state index contributed by atoms with van der Waals surface area (Å²) in [4.78, 5) is 11.9. The molecule has 1 fully saturated rings. The number of nitrogens with zero attached hydrogens (tertiary/aromatic N) is 1. The number of aromatic nitrogens is 1. The maximum Gasteiger partial charge on any atom is 0.340 e. The predicted molar refractivity (Wildman–Crippen MR) is 66.3 cm³/mol. The van der Waals surface area contributed by atoms with Gasteiger partial charge in [-0.25, -0.2) is 4.79 Å². The van der Waals surface area contributed by atoms with Crippen molar-refractivity contribution in [2.24, 2.45) is 0 Å². The number of para-hydroxylation sites is 1. The molecule has 1 aromatic heterocycles. The first-order valence-electron chi connectivity index (χ1n) is 5.92. The number of esters is 1. The van der Waals surface area contributed by atoms with Crippen molar-refractivity contribution in [2.45, 2.75) is 25.8 Å². The molecule has 0 spiro atoms. The summed E-state index contributed by atoms with van der Waals surface area (Å²) in [6, 6.07) is 8.62. The van der Waals surface area contributed by atoms with E-state index in [1.807, 2.05) is 25.1 Å². The maximum absolute atomic E-state index is 11.9. The molecular formula is C14H15NO2. The van der Waals surface area contributed by atoms with Gasteiger partial charge in [-0.05, 0) is 25.8 Å². The summed E-state index contributed by atoms with van der Waals surface area (Å²) >= 11 is 0. The molecule has 0 unspecified atom stereocenters. The van der Waals surface area contributed by atoms with Crippen molar-refractivity contribution in [3.05, 3.63) is 35.5 Å². The topological polar surface area (TPSA) is 31.2 Å². The maximum atomic E-state index is 11.9. The van der Waals surface area contributed by atoms with E-state index in [4.69, 9.17) is 4.74 Å². The molecular weight excluding hydrogens is 214 g/mol. The van der Waals surface area contributed by atoms with Gasteiger partial charge < -0.3 is 9.30 Å². The summed E-state index contributed by atoms with van der Waals surface area (Å²) in [6.07, 6.45) is 2.42. The van der Waals surface area contributed by atoms with Gasteiger partial charge in [-0.1, -0.05) is 18.2 Å². The first-order chi connectivity index (χ1) is 8.24. The van der Waals surface area contributed by atoms with Crippen LogP contribution in [-0.2, 0) is 4.74 Å². The second-order valence-corrected chi connectivity index (χ2v) is 4.57. The third-order valence-electron chi connectivity index (χ3n) is 3.46. The Kier molecular flexibility index (Phi) is 2.21. The van der Waals surface area contributed by atoms with Gasteiger partial charge in [-0.3, -0.25) is 0 Å². The van der Waals surface area contributed by atoms with E-state index < -0.39 is 0 Å². The number of hydrogen-bond donors (Lipinski definition) is 0. The number of hydrogen-bond acceptors (Lipinski definition) is 2. The highest BCUT2D eigenvalue weighted by molar-refractivity contribution is 6.06. The van der Waals surface area contributed by atoms with Gasteiger partial charge in [-0.2, -0.15) is 0 Å². The fourth-order valence-electron chi connectivity index (χ4n) is 2.55. The van der Waals surface area contributed by atoms with E-state index >= 15 is 0 Å². The third-order valence-corrected chi connectivity index (χ3v) is 3.46. The molecule has 1 aliphatic carbocycles. The molecule has 0 bridgehead atoms. The van der Waals surface area contributed by atoms with E-state index in [2.05, 4.69) is 10.6 Å². The minimum absolute atomic E-state index is 0.238. The number of rotatable bonds is 2. The fraction of sp³-hybridized carbons (Fsp3) is 0.357. The van der Waals surface area contributed by atoms with E-state index in [-0.39, 0.29) is 5.97 Å². The smallest absolute Gasteiger partial charge is 0.340 e. The van der Waals surface area contributed by atoms with E-state index in [0.29, 0.717) is 6.04 Å². The summed E-state index contributed by atoms with van der Waals surface area (Å²) in [5.41, 5.74) is 2.89. The zero-order valence-corrected chi connectivity index (χ0v) is 10.1. The molecule has 2 aromatic rings. The van der Waals surface area contributed by atoms with Crippen LogP contribution in [-0.4, -0.2) is 17.6 Å². The lowest BCUT2D eigenvalue weighted by atomic mass is 10.1. The summed E-state index contributed by atoms with van der Waals surface area (Å²) in [7, 11) is 1.44. The van der Waals surface area contributed by atoms with E-state index in [0.717, 1.165) is 22.2 Å². The largest absolute Gasteiger partial charge is 0.465 e. The first-order valence-corrected chi connectivity index (χ1v) is 5.92. The van der Waals surface area contributed by atoms with Crippen LogP contribution < -0.4 is 0 Å².